The molecule has 368 valence electrons. The van der Waals surface area contributed by atoms with Crippen LogP contribution >= 0.6 is 34.3 Å². The molecule has 2 aliphatic rings. The molecule has 8 aromatic rings. The maximum Gasteiger partial charge on any atom is 0.407 e. The zero-order valence-corrected chi connectivity index (χ0v) is 41.2. The smallest absolute Gasteiger partial charge is 0.407 e. The highest BCUT2D eigenvalue weighted by Gasteiger charge is 2.27. The van der Waals surface area contributed by atoms with Crippen molar-refractivity contribution in [2.45, 2.75) is 101 Å². The summed E-state index contributed by atoms with van der Waals surface area (Å²) in [6.45, 7) is 1.09. The lowest BCUT2D eigenvalue weighted by Crippen LogP contribution is -2.37. The van der Waals surface area contributed by atoms with Gasteiger partial charge in [0.25, 0.3) is 0 Å². The lowest BCUT2D eigenvalue weighted by molar-refractivity contribution is -0.146. The van der Waals surface area contributed by atoms with Crippen LogP contribution < -0.4 is 10.1 Å². The first-order chi connectivity index (χ1) is 34.8. The van der Waals surface area contributed by atoms with E-state index in [9.17, 15) is 9.59 Å². The predicted octanol–water partition coefficient (Wildman–Crippen LogP) is 10.3. The molecule has 71 heavy (non-hydrogen) atoms. The van der Waals surface area contributed by atoms with Gasteiger partial charge in [0.15, 0.2) is 0 Å². The van der Waals surface area contributed by atoms with Crippen LogP contribution in [-0.2, 0) is 40.0 Å². The van der Waals surface area contributed by atoms with Gasteiger partial charge in [-0.25, -0.2) is 24.1 Å². The number of aromatic hydroxyl groups is 1. The Balaban J connectivity index is 0.000000161. The van der Waals surface area contributed by atoms with Crippen molar-refractivity contribution in [2.24, 2.45) is 5.92 Å². The van der Waals surface area contributed by atoms with Gasteiger partial charge in [-0.1, -0.05) is 60.7 Å². The first kappa shape index (κ1) is 50.3. The van der Waals surface area contributed by atoms with E-state index in [0.717, 1.165) is 91.0 Å². The zero-order chi connectivity index (χ0) is 49.0. The number of alkyl carbamates (subject to hydrolysis) is 1. The number of aromatic nitrogens is 10. The highest BCUT2D eigenvalue weighted by atomic mass is 35.5. The minimum atomic E-state index is -0.332. The van der Waals surface area contributed by atoms with Gasteiger partial charge in [-0.2, -0.15) is 0 Å². The number of halogens is 1. The Hall–Kier alpha value is -7.09. The van der Waals surface area contributed by atoms with Crippen molar-refractivity contribution in [1.82, 2.24) is 55.7 Å². The summed E-state index contributed by atoms with van der Waals surface area (Å²) < 4.78 is 19.8. The largest absolute Gasteiger partial charge is 0.508 e. The molecule has 2 aliphatic carbocycles. The number of phenols is 1. The number of esters is 1. The fourth-order valence-electron chi connectivity index (χ4n) is 8.23. The number of nitrogens with zero attached hydrogens (tertiary/aromatic N) is 10. The molecule has 2 fully saturated rings. The molecule has 0 spiro atoms. The molecule has 0 unspecified atom stereocenters. The normalized spacial score (nSPS) is 17.4. The molecule has 10 rings (SSSR count). The van der Waals surface area contributed by atoms with Gasteiger partial charge in [0, 0.05) is 35.1 Å². The number of rotatable bonds is 15. The third-order valence-corrected chi connectivity index (χ3v) is 14.5. The molecular formula is C51H54ClN11O6S2. The molecule has 17 nitrogen and oxygen atoms in total. The van der Waals surface area contributed by atoms with E-state index in [0.29, 0.717) is 49.9 Å². The highest BCUT2D eigenvalue weighted by molar-refractivity contribution is 7.10. The van der Waals surface area contributed by atoms with Gasteiger partial charge in [0.2, 0.25) is 0 Å². The SMILES string of the molecule is O=C(CC1CCC(c2nc(COc3ccc(-n4cnnn4)cc3)cs2)CC1)OCc1ccccc1.O=C(NC1CCC(c2nc(CCl)cs2)CC1)OCc1ccccc1.Oc1ccc(-n2cnnn2)cc1. The first-order valence-electron chi connectivity index (χ1n) is 23.4. The van der Waals surface area contributed by atoms with Crippen molar-refractivity contribution < 1.29 is 28.9 Å². The molecule has 20 heteroatoms. The molecule has 4 aromatic heterocycles. The fraction of sp³-hybridized carbons (Fsp3) is 0.333. The number of ether oxygens (including phenoxy) is 3. The second-order valence-electron chi connectivity index (χ2n) is 17.1. The Kier molecular flexibility index (Phi) is 18.6. The minimum Gasteiger partial charge on any atom is -0.508 e. The third kappa shape index (κ3) is 15.7. The van der Waals surface area contributed by atoms with Gasteiger partial charge >= 0.3 is 12.1 Å². The summed E-state index contributed by atoms with van der Waals surface area (Å²) in [5, 5.41) is 40.3. The molecule has 0 saturated heterocycles. The third-order valence-electron chi connectivity index (χ3n) is 12.1. The van der Waals surface area contributed by atoms with E-state index < -0.39 is 0 Å². The van der Waals surface area contributed by atoms with E-state index in [1.165, 1.54) is 21.0 Å². The van der Waals surface area contributed by atoms with Gasteiger partial charge in [-0.05, 0) is 138 Å². The number of hydrogen-bond donors (Lipinski definition) is 2. The highest BCUT2D eigenvalue weighted by Crippen LogP contribution is 2.39. The van der Waals surface area contributed by atoms with E-state index >= 15 is 0 Å². The molecule has 2 N–H and O–H groups in total. The fourth-order valence-corrected chi connectivity index (χ4v) is 10.4. The number of carbonyl (C=O) groups is 2. The van der Waals surface area contributed by atoms with Crippen LogP contribution in [0.1, 0.15) is 102 Å². The quantitative estimate of drug-likeness (QED) is 0.0724. The van der Waals surface area contributed by atoms with E-state index in [4.69, 9.17) is 35.9 Å². The molecule has 0 atom stereocenters. The van der Waals surface area contributed by atoms with Crippen molar-refractivity contribution in [3.05, 3.63) is 165 Å². The Morgan fingerprint density at radius 2 is 1.15 bits per heavy atom. The van der Waals surface area contributed by atoms with Crippen LogP contribution in [0.5, 0.6) is 11.5 Å². The van der Waals surface area contributed by atoms with Gasteiger partial charge in [-0.3, -0.25) is 4.79 Å². The van der Waals surface area contributed by atoms with Crippen molar-refractivity contribution in [3.8, 4) is 22.9 Å². The summed E-state index contributed by atoms with van der Waals surface area (Å²) in [5.41, 5.74) is 5.61. The van der Waals surface area contributed by atoms with E-state index in [1.54, 1.807) is 57.9 Å². The summed E-state index contributed by atoms with van der Waals surface area (Å²) in [6.07, 6.45) is 11.4. The summed E-state index contributed by atoms with van der Waals surface area (Å²) in [4.78, 5) is 33.6. The van der Waals surface area contributed by atoms with E-state index in [2.05, 4.69) is 46.7 Å². The van der Waals surface area contributed by atoms with Crippen molar-refractivity contribution in [3.63, 3.8) is 0 Å². The molecule has 0 radical (unpaired) electrons. The zero-order valence-electron chi connectivity index (χ0n) is 38.9. The topological polar surface area (TPSA) is 207 Å². The summed E-state index contributed by atoms with van der Waals surface area (Å²) in [6, 6.07) is 34.0. The van der Waals surface area contributed by atoms with Gasteiger partial charge < -0.3 is 24.6 Å². The van der Waals surface area contributed by atoms with E-state index in [1.807, 2.05) is 90.3 Å². The maximum atomic E-state index is 12.3. The van der Waals surface area contributed by atoms with Gasteiger partial charge in [-0.15, -0.1) is 44.5 Å². The molecule has 2 saturated carbocycles. The Morgan fingerprint density at radius 3 is 1.69 bits per heavy atom. The number of alkyl halides is 1. The second-order valence-corrected chi connectivity index (χ2v) is 19.2. The second kappa shape index (κ2) is 26.2. The summed E-state index contributed by atoms with van der Waals surface area (Å²) in [7, 11) is 0. The number of carbonyl (C=O) groups excluding carboxylic acids is 2. The van der Waals surface area contributed by atoms with Crippen molar-refractivity contribution in [1.29, 1.82) is 0 Å². The predicted molar refractivity (Wildman–Crippen MR) is 268 cm³/mol. The van der Waals surface area contributed by atoms with Crippen LogP contribution in [0.4, 0.5) is 4.79 Å². The molecule has 4 aromatic carbocycles. The van der Waals surface area contributed by atoms with E-state index in [-0.39, 0.29) is 23.9 Å². The minimum absolute atomic E-state index is 0.100. The van der Waals surface area contributed by atoms with Crippen LogP contribution in [0.3, 0.4) is 0 Å². The number of nitrogens with one attached hydrogen (secondary N) is 1. The first-order valence-corrected chi connectivity index (χ1v) is 25.7. The average Bonchev–Trinajstić information content (AvgIpc) is 4.29. The van der Waals surface area contributed by atoms with Crippen LogP contribution in [0.15, 0.2) is 133 Å². The summed E-state index contributed by atoms with van der Waals surface area (Å²) in [5.74, 6) is 2.72. The van der Waals surface area contributed by atoms with Crippen molar-refractivity contribution >= 4 is 46.3 Å². The maximum absolute atomic E-state index is 12.3. The standard InChI is InChI=1S/C26H27N5O3S.C18H21ClN2O2S.C7H6N4O/c32-25(34-15-20-4-2-1-3-5-20)14-19-6-8-21(9-7-19)26-28-22(17-35-26)16-33-24-12-10-23(11-13-24)31-18-27-29-30-31;19-10-16-12-24-17(20-16)14-6-8-15(9-7-14)21-18(22)23-11-13-4-2-1-3-5-13;12-7-3-1-6(2-4-7)11-5-8-9-10-11/h1-5,10-13,17-19,21H,6-9,14-16H2;1-5,12,14-15H,6-11H2,(H,21,22);1-5,12H. The average molecular weight is 1020 g/mol. The van der Waals surface area contributed by atoms with Crippen LogP contribution in [0.2, 0.25) is 0 Å². The molecule has 0 aliphatic heterocycles. The van der Waals surface area contributed by atoms with Gasteiger partial charge in [0.1, 0.15) is 44.0 Å². The number of phenolic OH excluding ortho intramolecular Hbond substituents is 1. The van der Waals surface area contributed by atoms with Crippen LogP contribution in [-0.4, -0.2) is 73.6 Å². The Morgan fingerprint density at radius 1 is 0.634 bits per heavy atom. The number of amides is 1. The Labute approximate surface area is 424 Å². The lowest BCUT2D eigenvalue weighted by Gasteiger charge is -2.27. The van der Waals surface area contributed by atoms with Crippen molar-refractivity contribution in [2.75, 3.05) is 0 Å². The number of thiazole rings is 2. The number of hydrogen-bond acceptors (Lipinski definition) is 16. The summed E-state index contributed by atoms with van der Waals surface area (Å²) >= 11 is 9.21. The number of benzene rings is 4. The molecule has 0 bridgehead atoms. The van der Waals surface area contributed by atoms with Crippen LogP contribution in [0.25, 0.3) is 11.4 Å². The molecule has 1 amide bonds. The molecular weight excluding hydrogens is 962 g/mol. The number of tetrazole rings is 2. The monoisotopic (exact) mass is 1020 g/mol. The molecule has 4 heterocycles. The van der Waals surface area contributed by atoms with Gasteiger partial charge in [0.05, 0.1) is 38.7 Å². The van der Waals surface area contributed by atoms with Crippen LogP contribution in [0, 0.1) is 5.92 Å². The Bertz CT molecular complexity index is 2790. The lowest BCUT2D eigenvalue weighted by atomic mass is 9.81.